The van der Waals surface area contributed by atoms with Gasteiger partial charge in [0.2, 0.25) is 11.8 Å². The highest BCUT2D eigenvalue weighted by atomic mass is 16.6. The first-order valence-corrected chi connectivity index (χ1v) is 6.90. The Hall–Kier alpha value is -2.28. The van der Waals surface area contributed by atoms with Crippen LogP contribution in [0.2, 0.25) is 0 Å². The molecule has 21 heavy (non-hydrogen) atoms. The molecule has 7 nitrogen and oxygen atoms in total. The van der Waals surface area contributed by atoms with E-state index in [1.165, 1.54) is 6.07 Å². The fourth-order valence-corrected chi connectivity index (χ4v) is 2.01. The lowest BCUT2D eigenvalue weighted by atomic mass is 10.1. The predicted octanol–water partition coefficient (Wildman–Crippen LogP) is 2.50. The Bertz CT molecular complexity index is 624. The third kappa shape index (κ3) is 3.85. The van der Waals surface area contributed by atoms with Crippen LogP contribution in [-0.4, -0.2) is 28.2 Å². The molecule has 0 atom stereocenters. The summed E-state index contributed by atoms with van der Waals surface area (Å²) in [5.41, 5.74) is 1.36. The Balaban J connectivity index is 2.07. The first-order valence-electron chi connectivity index (χ1n) is 6.90. The molecule has 1 heterocycles. The van der Waals surface area contributed by atoms with Crippen molar-refractivity contribution in [2.45, 2.75) is 26.7 Å². The van der Waals surface area contributed by atoms with Crippen LogP contribution in [0.5, 0.6) is 0 Å². The van der Waals surface area contributed by atoms with Crippen LogP contribution in [0.4, 0.5) is 5.69 Å². The van der Waals surface area contributed by atoms with Crippen LogP contribution in [0.15, 0.2) is 22.6 Å². The summed E-state index contributed by atoms with van der Waals surface area (Å²) in [7, 11) is 0. The van der Waals surface area contributed by atoms with Crippen LogP contribution in [0.1, 0.15) is 24.8 Å². The van der Waals surface area contributed by atoms with Crippen LogP contribution >= 0.6 is 0 Å². The van der Waals surface area contributed by atoms with E-state index in [1.54, 1.807) is 19.1 Å². The number of hydrogen-bond donors (Lipinski definition) is 1. The van der Waals surface area contributed by atoms with Crippen molar-refractivity contribution < 1.29 is 9.34 Å². The van der Waals surface area contributed by atoms with Gasteiger partial charge in [-0.3, -0.25) is 10.1 Å². The average Bonchev–Trinajstić information content (AvgIpc) is 2.92. The van der Waals surface area contributed by atoms with Crippen molar-refractivity contribution in [3.63, 3.8) is 0 Å². The van der Waals surface area contributed by atoms with Gasteiger partial charge in [-0.05, 0) is 38.6 Å². The third-order valence-corrected chi connectivity index (χ3v) is 3.10. The van der Waals surface area contributed by atoms with Gasteiger partial charge in [-0.25, -0.2) is 0 Å². The number of aromatic nitrogens is 2. The van der Waals surface area contributed by atoms with E-state index < -0.39 is 4.92 Å². The molecule has 0 amide bonds. The maximum Gasteiger partial charge on any atom is 0.272 e. The van der Waals surface area contributed by atoms with Crippen LogP contribution in [0.25, 0.3) is 11.5 Å². The molecular formula is C14H18N4O3. The molecule has 0 aliphatic carbocycles. The van der Waals surface area contributed by atoms with E-state index in [4.69, 9.17) is 4.42 Å². The molecule has 0 fully saturated rings. The molecule has 0 saturated carbocycles. The molecule has 0 bridgehead atoms. The lowest BCUT2D eigenvalue weighted by molar-refractivity contribution is -0.385. The van der Waals surface area contributed by atoms with Gasteiger partial charge in [0.25, 0.3) is 5.69 Å². The SMILES string of the molecule is CCNCCCc1nnc(-c2ccc([N+](=O)[O-])c(C)c2)o1. The summed E-state index contributed by atoms with van der Waals surface area (Å²) in [4.78, 5) is 10.4. The summed E-state index contributed by atoms with van der Waals surface area (Å²) >= 11 is 0. The van der Waals surface area contributed by atoms with Gasteiger partial charge in [-0.1, -0.05) is 6.92 Å². The molecule has 0 aliphatic rings. The number of aryl methyl sites for hydroxylation is 2. The second kappa shape index (κ2) is 6.94. The molecule has 7 heteroatoms. The van der Waals surface area contributed by atoms with Gasteiger partial charge >= 0.3 is 0 Å². The molecule has 0 saturated heterocycles. The van der Waals surface area contributed by atoms with Crippen molar-refractivity contribution in [3.8, 4) is 11.5 Å². The molecule has 2 aromatic rings. The minimum absolute atomic E-state index is 0.0872. The molecular weight excluding hydrogens is 272 g/mol. The van der Waals surface area contributed by atoms with Crippen molar-refractivity contribution in [3.05, 3.63) is 39.8 Å². The van der Waals surface area contributed by atoms with E-state index in [2.05, 4.69) is 22.4 Å². The largest absolute Gasteiger partial charge is 0.421 e. The minimum Gasteiger partial charge on any atom is -0.421 e. The summed E-state index contributed by atoms with van der Waals surface area (Å²) in [6.45, 7) is 5.60. The number of nitro benzene ring substituents is 1. The van der Waals surface area contributed by atoms with E-state index in [-0.39, 0.29) is 5.69 Å². The number of rotatable bonds is 7. The van der Waals surface area contributed by atoms with E-state index >= 15 is 0 Å². The summed E-state index contributed by atoms with van der Waals surface area (Å²) in [5, 5.41) is 22.0. The molecule has 0 spiro atoms. The summed E-state index contributed by atoms with van der Waals surface area (Å²) in [6.07, 6.45) is 1.64. The maximum atomic E-state index is 10.8. The summed E-state index contributed by atoms with van der Waals surface area (Å²) in [5.74, 6) is 0.977. The minimum atomic E-state index is -0.404. The Kier molecular flexibility index (Phi) is 4.99. The standard InChI is InChI=1S/C14H18N4O3/c1-3-15-8-4-5-13-16-17-14(21-13)11-6-7-12(18(19)20)10(2)9-11/h6-7,9,15H,3-5,8H2,1-2H3. The van der Waals surface area contributed by atoms with E-state index in [1.807, 2.05) is 0 Å². The van der Waals surface area contributed by atoms with Gasteiger partial charge in [0.15, 0.2) is 0 Å². The Labute approximate surface area is 122 Å². The highest BCUT2D eigenvalue weighted by molar-refractivity contribution is 5.58. The van der Waals surface area contributed by atoms with Gasteiger partial charge in [-0.15, -0.1) is 10.2 Å². The van der Waals surface area contributed by atoms with Crippen molar-refractivity contribution in [1.82, 2.24) is 15.5 Å². The molecule has 1 N–H and O–H groups in total. The highest BCUT2D eigenvalue weighted by Crippen LogP contribution is 2.25. The fraction of sp³-hybridized carbons (Fsp3) is 0.429. The van der Waals surface area contributed by atoms with Gasteiger partial charge in [0.05, 0.1) is 4.92 Å². The second-order valence-corrected chi connectivity index (χ2v) is 4.72. The van der Waals surface area contributed by atoms with E-state index in [0.717, 1.165) is 19.5 Å². The van der Waals surface area contributed by atoms with Crippen LogP contribution in [-0.2, 0) is 6.42 Å². The molecule has 0 radical (unpaired) electrons. The predicted molar refractivity (Wildman–Crippen MR) is 78.0 cm³/mol. The number of nitro groups is 1. The quantitative estimate of drug-likeness (QED) is 0.478. The zero-order valence-electron chi connectivity index (χ0n) is 12.1. The first kappa shape index (κ1) is 15.1. The number of hydrogen-bond acceptors (Lipinski definition) is 6. The zero-order chi connectivity index (χ0) is 15.2. The summed E-state index contributed by atoms with van der Waals surface area (Å²) < 4.78 is 5.59. The number of nitrogens with zero attached hydrogens (tertiary/aromatic N) is 3. The fourth-order valence-electron chi connectivity index (χ4n) is 2.01. The Morgan fingerprint density at radius 1 is 1.38 bits per heavy atom. The van der Waals surface area contributed by atoms with Gasteiger partial charge < -0.3 is 9.73 Å². The number of nitrogens with one attached hydrogen (secondary N) is 1. The first-order chi connectivity index (χ1) is 10.1. The van der Waals surface area contributed by atoms with Gasteiger partial charge in [-0.2, -0.15) is 0 Å². The van der Waals surface area contributed by atoms with Gasteiger partial charge in [0, 0.05) is 23.6 Å². The number of benzene rings is 1. The van der Waals surface area contributed by atoms with Crippen molar-refractivity contribution in [2.24, 2.45) is 0 Å². The van der Waals surface area contributed by atoms with E-state index in [9.17, 15) is 10.1 Å². The van der Waals surface area contributed by atoms with Crippen molar-refractivity contribution in [1.29, 1.82) is 0 Å². The lowest BCUT2D eigenvalue weighted by Gasteiger charge is -1.99. The molecule has 1 aromatic heterocycles. The second-order valence-electron chi connectivity index (χ2n) is 4.72. The van der Waals surface area contributed by atoms with Gasteiger partial charge in [0.1, 0.15) is 0 Å². The van der Waals surface area contributed by atoms with Crippen molar-refractivity contribution in [2.75, 3.05) is 13.1 Å². The Morgan fingerprint density at radius 2 is 2.19 bits per heavy atom. The highest BCUT2D eigenvalue weighted by Gasteiger charge is 2.14. The van der Waals surface area contributed by atoms with E-state index in [0.29, 0.717) is 29.3 Å². The molecule has 0 aliphatic heterocycles. The molecule has 1 aromatic carbocycles. The maximum absolute atomic E-state index is 10.8. The molecule has 0 unspecified atom stereocenters. The normalized spacial score (nSPS) is 10.8. The van der Waals surface area contributed by atoms with Crippen LogP contribution in [0.3, 0.4) is 0 Å². The van der Waals surface area contributed by atoms with Crippen LogP contribution in [0, 0.1) is 17.0 Å². The Morgan fingerprint density at radius 3 is 2.86 bits per heavy atom. The monoisotopic (exact) mass is 290 g/mol. The smallest absolute Gasteiger partial charge is 0.272 e. The van der Waals surface area contributed by atoms with Crippen LogP contribution < -0.4 is 5.32 Å². The third-order valence-electron chi connectivity index (χ3n) is 3.10. The summed E-state index contributed by atoms with van der Waals surface area (Å²) in [6, 6.07) is 4.77. The molecule has 112 valence electrons. The lowest BCUT2D eigenvalue weighted by Crippen LogP contribution is -2.14. The zero-order valence-corrected chi connectivity index (χ0v) is 12.1. The van der Waals surface area contributed by atoms with Crippen molar-refractivity contribution >= 4 is 5.69 Å². The average molecular weight is 290 g/mol. The topological polar surface area (TPSA) is 94.1 Å². The molecule has 2 rings (SSSR count).